The molecule has 0 aromatic heterocycles. The molecule has 2 amide bonds. The van der Waals surface area contributed by atoms with Crippen molar-refractivity contribution in [1.29, 1.82) is 0 Å². The van der Waals surface area contributed by atoms with Crippen molar-refractivity contribution in [3.63, 3.8) is 0 Å². The van der Waals surface area contributed by atoms with Gasteiger partial charge in [0.15, 0.2) is 0 Å². The van der Waals surface area contributed by atoms with Crippen molar-refractivity contribution in [2.75, 3.05) is 30.3 Å². The lowest BCUT2D eigenvalue weighted by Gasteiger charge is -2.31. The van der Waals surface area contributed by atoms with Gasteiger partial charge in [0.05, 0.1) is 11.4 Å². The minimum Gasteiger partial charge on any atom is -0.328 e. The number of hydrogen-bond donors (Lipinski definition) is 0. The highest BCUT2D eigenvalue weighted by atomic mass is 32.2. The van der Waals surface area contributed by atoms with Gasteiger partial charge in [-0.15, -0.1) is 18.3 Å². The van der Waals surface area contributed by atoms with Crippen LogP contribution in [0.25, 0.3) is 0 Å². The first-order chi connectivity index (χ1) is 10.8. The van der Waals surface area contributed by atoms with Crippen molar-refractivity contribution >= 4 is 29.3 Å². The Hall–Kier alpha value is -1.96. The predicted octanol–water partition coefficient (Wildman–Crippen LogP) is 2.70. The quantitative estimate of drug-likeness (QED) is 0.771. The summed E-state index contributed by atoms with van der Waals surface area (Å²) in [6.07, 6.45) is -3.27. The van der Waals surface area contributed by atoms with Gasteiger partial charge in [0.25, 0.3) is 0 Å². The molecular weight excluding hydrogens is 329 g/mol. The zero-order valence-electron chi connectivity index (χ0n) is 12.2. The fraction of sp³-hybridized carbons (Fsp3) is 0.333. The number of anilines is 1. The molecule has 0 saturated carbocycles. The second-order valence-corrected chi connectivity index (χ2v) is 5.93. The lowest BCUT2D eigenvalue weighted by Crippen LogP contribution is -2.47. The smallest absolute Gasteiger partial charge is 0.328 e. The Bertz CT molecular complexity index is 619. The summed E-state index contributed by atoms with van der Waals surface area (Å²) in [5, 5.41) is 0. The molecule has 1 aliphatic heterocycles. The summed E-state index contributed by atoms with van der Waals surface area (Å²) in [7, 11) is 0. The van der Waals surface area contributed by atoms with Gasteiger partial charge in [-0.2, -0.15) is 13.2 Å². The molecule has 0 bridgehead atoms. The molecule has 0 aliphatic carbocycles. The van der Waals surface area contributed by atoms with E-state index in [1.54, 1.807) is 24.3 Å². The molecule has 0 spiro atoms. The lowest BCUT2D eigenvalue weighted by molar-refractivity contribution is -0.159. The molecule has 1 aliphatic rings. The van der Waals surface area contributed by atoms with Crippen LogP contribution < -0.4 is 4.90 Å². The Morgan fingerprint density at radius 2 is 2.09 bits per heavy atom. The Balaban J connectivity index is 2.17. The van der Waals surface area contributed by atoms with E-state index < -0.39 is 25.2 Å². The van der Waals surface area contributed by atoms with Gasteiger partial charge >= 0.3 is 6.18 Å². The van der Waals surface area contributed by atoms with E-state index in [0.29, 0.717) is 10.6 Å². The number of halogens is 3. The van der Waals surface area contributed by atoms with Crippen molar-refractivity contribution in [3.05, 3.63) is 36.9 Å². The van der Waals surface area contributed by atoms with Crippen LogP contribution in [-0.2, 0) is 9.59 Å². The van der Waals surface area contributed by atoms with Gasteiger partial charge in [-0.05, 0) is 12.1 Å². The first-order valence-corrected chi connectivity index (χ1v) is 7.78. The van der Waals surface area contributed by atoms with Gasteiger partial charge in [0.2, 0.25) is 11.8 Å². The predicted molar refractivity (Wildman–Crippen MR) is 82.4 cm³/mol. The van der Waals surface area contributed by atoms with Gasteiger partial charge in [0.1, 0.15) is 13.1 Å². The minimum absolute atomic E-state index is 0.158. The SMILES string of the molecule is C=CCN(CC(F)(F)F)C(=O)CN1C(=O)CSc2ccccc21. The van der Waals surface area contributed by atoms with E-state index >= 15 is 0 Å². The number of nitrogens with zero attached hydrogens (tertiary/aromatic N) is 2. The monoisotopic (exact) mass is 344 g/mol. The van der Waals surface area contributed by atoms with Crippen molar-refractivity contribution < 1.29 is 22.8 Å². The normalized spacial score (nSPS) is 14.4. The molecule has 4 nitrogen and oxygen atoms in total. The third kappa shape index (κ3) is 4.51. The third-order valence-corrected chi connectivity index (χ3v) is 4.22. The van der Waals surface area contributed by atoms with Crippen molar-refractivity contribution in [1.82, 2.24) is 4.90 Å². The summed E-state index contributed by atoms with van der Waals surface area (Å²) in [4.78, 5) is 27.0. The molecule has 0 radical (unpaired) electrons. The van der Waals surface area contributed by atoms with E-state index in [0.717, 1.165) is 4.90 Å². The fourth-order valence-electron chi connectivity index (χ4n) is 2.19. The van der Waals surface area contributed by atoms with E-state index in [-0.39, 0.29) is 18.2 Å². The maximum Gasteiger partial charge on any atom is 0.406 e. The van der Waals surface area contributed by atoms with Crippen LogP contribution in [-0.4, -0.2) is 48.3 Å². The molecule has 2 rings (SSSR count). The van der Waals surface area contributed by atoms with E-state index in [1.807, 2.05) is 0 Å². The molecule has 124 valence electrons. The molecule has 1 heterocycles. The number of carbonyl (C=O) groups excluding carboxylic acids is 2. The van der Waals surface area contributed by atoms with E-state index in [2.05, 4.69) is 6.58 Å². The third-order valence-electron chi connectivity index (χ3n) is 3.17. The van der Waals surface area contributed by atoms with Crippen LogP contribution in [0.2, 0.25) is 0 Å². The number of thioether (sulfide) groups is 1. The summed E-state index contributed by atoms with van der Waals surface area (Å²) < 4.78 is 37.7. The number of rotatable bonds is 5. The number of fused-ring (bicyclic) bond motifs is 1. The van der Waals surface area contributed by atoms with Crippen LogP contribution in [0.3, 0.4) is 0 Å². The van der Waals surface area contributed by atoms with Crippen molar-refractivity contribution in [2.45, 2.75) is 11.1 Å². The van der Waals surface area contributed by atoms with Crippen LogP contribution >= 0.6 is 11.8 Å². The topological polar surface area (TPSA) is 40.6 Å². The maximum absolute atomic E-state index is 12.6. The summed E-state index contributed by atoms with van der Waals surface area (Å²) in [5.74, 6) is -0.907. The van der Waals surface area contributed by atoms with Crippen molar-refractivity contribution in [2.24, 2.45) is 0 Å². The van der Waals surface area contributed by atoms with Crippen LogP contribution in [0.15, 0.2) is 41.8 Å². The molecule has 1 aromatic carbocycles. The van der Waals surface area contributed by atoms with Crippen LogP contribution in [0.5, 0.6) is 0 Å². The van der Waals surface area contributed by atoms with Crippen LogP contribution in [0, 0.1) is 0 Å². The number of hydrogen-bond acceptors (Lipinski definition) is 3. The minimum atomic E-state index is -4.50. The standard InChI is InChI=1S/C15H15F3N2O2S/c1-2-7-19(10-15(16,17)18)13(21)8-20-11-5-3-4-6-12(11)23-9-14(20)22/h2-6H,1,7-10H2. The van der Waals surface area contributed by atoms with Crippen LogP contribution in [0.1, 0.15) is 0 Å². The van der Waals surface area contributed by atoms with Gasteiger partial charge in [-0.1, -0.05) is 18.2 Å². The van der Waals surface area contributed by atoms with Crippen LogP contribution in [0.4, 0.5) is 18.9 Å². The first kappa shape index (κ1) is 17.4. The molecular formula is C15H15F3N2O2S. The Morgan fingerprint density at radius 3 is 2.74 bits per heavy atom. The Kier molecular flexibility index (Phi) is 5.35. The summed E-state index contributed by atoms with van der Waals surface area (Å²) in [6, 6.07) is 7.00. The first-order valence-electron chi connectivity index (χ1n) is 6.79. The zero-order valence-corrected chi connectivity index (χ0v) is 13.0. The van der Waals surface area contributed by atoms with Gasteiger partial charge in [-0.3, -0.25) is 9.59 Å². The second kappa shape index (κ2) is 7.08. The molecule has 0 atom stereocenters. The number of benzene rings is 1. The Morgan fingerprint density at radius 1 is 1.39 bits per heavy atom. The van der Waals surface area contributed by atoms with Crippen molar-refractivity contribution in [3.8, 4) is 0 Å². The Labute approximate surface area is 135 Å². The van der Waals surface area contributed by atoms with Gasteiger partial charge in [-0.25, -0.2) is 0 Å². The summed E-state index contributed by atoms with van der Waals surface area (Å²) in [6.45, 7) is 1.36. The fourth-order valence-corrected chi connectivity index (χ4v) is 3.13. The number of alkyl halides is 3. The average molecular weight is 344 g/mol. The van der Waals surface area contributed by atoms with E-state index in [9.17, 15) is 22.8 Å². The zero-order chi connectivity index (χ0) is 17.0. The van der Waals surface area contributed by atoms with Gasteiger partial charge < -0.3 is 9.80 Å². The average Bonchev–Trinajstić information content (AvgIpc) is 2.48. The molecule has 0 saturated heterocycles. The largest absolute Gasteiger partial charge is 0.406 e. The molecule has 0 N–H and O–H groups in total. The number of carbonyl (C=O) groups is 2. The molecule has 1 aromatic rings. The van der Waals surface area contributed by atoms with E-state index in [1.165, 1.54) is 22.7 Å². The van der Waals surface area contributed by atoms with Gasteiger partial charge in [0, 0.05) is 11.4 Å². The highest BCUT2D eigenvalue weighted by Crippen LogP contribution is 2.34. The molecule has 8 heteroatoms. The second-order valence-electron chi connectivity index (χ2n) is 4.91. The highest BCUT2D eigenvalue weighted by Gasteiger charge is 2.34. The molecule has 0 unspecified atom stereocenters. The lowest BCUT2D eigenvalue weighted by atomic mass is 10.2. The summed E-state index contributed by atoms with van der Waals surface area (Å²) >= 11 is 1.34. The number of amides is 2. The maximum atomic E-state index is 12.6. The van der Waals surface area contributed by atoms with E-state index in [4.69, 9.17) is 0 Å². The molecule has 23 heavy (non-hydrogen) atoms. The summed E-state index contributed by atoms with van der Waals surface area (Å²) in [5.41, 5.74) is 0.549. The molecule has 0 fully saturated rings. The highest BCUT2D eigenvalue weighted by molar-refractivity contribution is 8.00. The number of para-hydroxylation sites is 1.